The van der Waals surface area contributed by atoms with Gasteiger partial charge in [0.25, 0.3) is 0 Å². The predicted molar refractivity (Wildman–Crippen MR) is 104 cm³/mol. The Hall–Kier alpha value is -1.76. The molecule has 1 amide bonds. The molecule has 0 aromatic heterocycles. The fourth-order valence-electron chi connectivity index (χ4n) is 2.69. The number of hydrogen-bond acceptors (Lipinski definition) is 3. The summed E-state index contributed by atoms with van der Waals surface area (Å²) in [5.41, 5.74) is 1.16. The first-order valence-electron chi connectivity index (χ1n) is 8.83. The van der Waals surface area contributed by atoms with Crippen LogP contribution in [-0.2, 0) is 11.3 Å². The maximum atomic E-state index is 11.8. The number of piperidine rings is 1. The Labute approximate surface area is 158 Å². The van der Waals surface area contributed by atoms with Gasteiger partial charge in [-0.3, -0.25) is 0 Å². The average molecular weight is 411 g/mol. The largest absolute Gasteiger partial charge is 0.450 e. The summed E-state index contributed by atoms with van der Waals surface area (Å²) in [4.78, 5) is 18.2. The standard InChI is InChI=1S/C18H27BrN4O2/c1-3-20-17(21-13-14-5-7-15(19)8-6-14)22-16-9-11-23(12-10-16)18(24)25-4-2/h5-8,16H,3-4,9-13H2,1-2H3,(H2,20,21,22). The zero-order chi connectivity index (χ0) is 18.1. The number of benzene rings is 1. The topological polar surface area (TPSA) is 66.0 Å². The third-order valence-electron chi connectivity index (χ3n) is 4.04. The normalized spacial score (nSPS) is 15.8. The SMILES string of the molecule is CCNC(=NCc1ccc(Br)cc1)NC1CCN(C(=O)OCC)CC1. The van der Waals surface area contributed by atoms with Gasteiger partial charge in [0, 0.05) is 30.1 Å². The average Bonchev–Trinajstić information content (AvgIpc) is 2.62. The molecule has 0 bridgehead atoms. The van der Waals surface area contributed by atoms with Crippen LogP contribution in [0.4, 0.5) is 4.79 Å². The molecule has 0 saturated carbocycles. The van der Waals surface area contributed by atoms with Gasteiger partial charge in [-0.05, 0) is 44.4 Å². The molecule has 7 heteroatoms. The molecule has 2 N–H and O–H groups in total. The molecule has 0 atom stereocenters. The molecule has 2 rings (SSSR count). The van der Waals surface area contributed by atoms with E-state index < -0.39 is 0 Å². The minimum atomic E-state index is -0.211. The minimum Gasteiger partial charge on any atom is -0.450 e. The van der Waals surface area contributed by atoms with E-state index in [1.54, 1.807) is 4.90 Å². The summed E-state index contributed by atoms with van der Waals surface area (Å²) in [6.07, 6.45) is 1.57. The lowest BCUT2D eigenvalue weighted by atomic mass is 10.1. The molecule has 1 aromatic rings. The summed E-state index contributed by atoms with van der Waals surface area (Å²) in [7, 11) is 0. The first-order valence-corrected chi connectivity index (χ1v) is 9.62. The van der Waals surface area contributed by atoms with E-state index in [2.05, 4.69) is 50.6 Å². The Bertz CT molecular complexity index is 569. The van der Waals surface area contributed by atoms with Crippen molar-refractivity contribution in [1.29, 1.82) is 0 Å². The first kappa shape index (κ1) is 19.6. The molecule has 6 nitrogen and oxygen atoms in total. The van der Waals surface area contributed by atoms with Crippen molar-refractivity contribution in [2.24, 2.45) is 4.99 Å². The number of ether oxygens (including phenoxy) is 1. The highest BCUT2D eigenvalue weighted by Gasteiger charge is 2.23. The number of nitrogens with zero attached hydrogens (tertiary/aromatic N) is 2. The van der Waals surface area contributed by atoms with Gasteiger partial charge in [0.15, 0.2) is 5.96 Å². The van der Waals surface area contributed by atoms with E-state index in [0.29, 0.717) is 32.3 Å². The van der Waals surface area contributed by atoms with Crippen molar-refractivity contribution in [3.8, 4) is 0 Å². The van der Waals surface area contributed by atoms with E-state index >= 15 is 0 Å². The van der Waals surface area contributed by atoms with E-state index in [9.17, 15) is 4.79 Å². The Kier molecular flexibility index (Phi) is 8.04. The summed E-state index contributed by atoms with van der Waals surface area (Å²) in [6, 6.07) is 8.49. The second-order valence-corrected chi connectivity index (χ2v) is 6.84. The number of carbonyl (C=O) groups excluding carboxylic acids is 1. The van der Waals surface area contributed by atoms with E-state index in [1.165, 1.54) is 0 Å². The highest BCUT2D eigenvalue weighted by atomic mass is 79.9. The fraction of sp³-hybridized carbons (Fsp3) is 0.556. The number of guanidine groups is 1. The van der Waals surface area contributed by atoms with Crippen LogP contribution < -0.4 is 10.6 Å². The van der Waals surface area contributed by atoms with Crippen molar-refractivity contribution in [2.75, 3.05) is 26.2 Å². The van der Waals surface area contributed by atoms with E-state index in [-0.39, 0.29) is 6.09 Å². The van der Waals surface area contributed by atoms with Crippen LogP contribution in [0.2, 0.25) is 0 Å². The van der Waals surface area contributed by atoms with Crippen molar-refractivity contribution in [1.82, 2.24) is 15.5 Å². The predicted octanol–water partition coefficient (Wildman–Crippen LogP) is 3.13. The number of amides is 1. The molecular formula is C18H27BrN4O2. The van der Waals surface area contributed by atoms with Gasteiger partial charge < -0.3 is 20.3 Å². The number of likely N-dealkylation sites (tertiary alicyclic amines) is 1. The third-order valence-corrected chi connectivity index (χ3v) is 4.57. The zero-order valence-electron chi connectivity index (χ0n) is 14.9. The highest BCUT2D eigenvalue weighted by Crippen LogP contribution is 2.13. The number of halogens is 1. The van der Waals surface area contributed by atoms with Gasteiger partial charge in [-0.25, -0.2) is 9.79 Å². The molecule has 1 fully saturated rings. The molecule has 0 unspecified atom stereocenters. The molecule has 138 valence electrons. The number of hydrogen-bond donors (Lipinski definition) is 2. The second kappa shape index (κ2) is 10.3. The van der Waals surface area contributed by atoms with Crippen molar-refractivity contribution < 1.29 is 9.53 Å². The lowest BCUT2D eigenvalue weighted by molar-refractivity contribution is 0.0963. The van der Waals surface area contributed by atoms with Crippen LogP contribution in [0.3, 0.4) is 0 Å². The summed E-state index contributed by atoms with van der Waals surface area (Å²) < 4.78 is 6.13. The van der Waals surface area contributed by atoms with Gasteiger partial charge in [-0.1, -0.05) is 28.1 Å². The maximum Gasteiger partial charge on any atom is 0.409 e. The van der Waals surface area contributed by atoms with Crippen molar-refractivity contribution in [2.45, 2.75) is 39.3 Å². The maximum absolute atomic E-state index is 11.8. The third kappa shape index (κ3) is 6.57. The number of rotatable bonds is 5. The highest BCUT2D eigenvalue weighted by molar-refractivity contribution is 9.10. The Morgan fingerprint density at radius 2 is 1.96 bits per heavy atom. The molecule has 0 aliphatic carbocycles. The van der Waals surface area contributed by atoms with Crippen LogP contribution in [0.15, 0.2) is 33.7 Å². The molecule has 1 heterocycles. The molecule has 1 aliphatic heterocycles. The Morgan fingerprint density at radius 1 is 1.28 bits per heavy atom. The van der Waals surface area contributed by atoms with Gasteiger partial charge in [0.1, 0.15) is 0 Å². The van der Waals surface area contributed by atoms with E-state index in [4.69, 9.17) is 4.74 Å². The number of nitrogens with one attached hydrogen (secondary N) is 2. The van der Waals surface area contributed by atoms with E-state index in [0.717, 1.165) is 35.4 Å². The fourth-order valence-corrected chi connectivity index (χ4v) is 2.96. The van der Waals surface area contributed by atoms with Crippen molar-refractivity contribution >= 4 is 28.0 Å². The van der Waals surface area contributed by atoms with Gasteiger partial charge in [0.2, 0.25) is 0 Å². The molecule has 25 heavy (non-hydrogen) atoms. The zero-order valence-corrected chi connectivity index (χ0v) is 16.5. The molecule has 1 aromatic carbocycles. The van der Waals surface area contributed by atoms with Crippen molar-refractivity contribution in [3.63, 3.8) is 0 Å². The molecule has 1 aliphatic rings. The molecule has 0 spiro atoms. The Balaban J connectivity index is 1.86. The lowest BCUT2D eigenvalue weighted by Gasteiger charge is -2.32. The van der Waals surface area contributed by atoms with Gasteiger partial charge in [-0.2, -0.15) is 0 Å². The van der Waals surface area contributed by atoms with Crippen LogP contribution in [0, 0.1) is 0 Å². The summed E-state index contributed by atoms with van der Waals surface area (Å²) >= 11 is 3.44. The summed E-state index contributed by atoms with van der Waals surface area (Å²) in [5.74, 6) is 0.819. The van der Waals surface area contributed by atoms with Gasteiger partial charge >= 0.3 is 6.09 Å². The number of aliphatic imine (C=N–C) groups is 1. The van der Waals surface area contributed by atoms with Crippen LogP contribution in [0.25, 0.3) is 0 Å². The van der Waals surface area contributed by atoms with E-state index in [1.807, 2.05) is 19.1 Å². The van der Waals surface area contributed by atoms with Gasteiger partial charge in [-0.15, -0.1) is 0 Å². The minimum absolute atomic E-state index is 0.211. The summed E-state index contributed by atoms with van der Waals surface area (Å²) in [5, 5.41) is 6.77. The molecule has 0 radical (unpaired) electrons. The molecular weight excluding hydrogens is 384 g/mol. The van der Waals surface area contributed by atoms with Crippen LogP contribution >= 0.6 is 15.9 Å². The van der Waals surface area contributed by atoms with Crippen LogP contribution in [0.1, 0.15) is 32.3 Å². The van der Waals surface area contributed by atoms with Crippen LogP contribution in [0.5, 0.6) is 0 Å². The molecule has 1 saturated heterocycles. The quantitative estimate of drug-likeness (QED) is 0.577. The monoisotopic (exact) mass is 410 g/mol. The lowest BCUT2D eigenvalue weighted by Crippen LogP contribution is -2.49. The smallest absolute Gasteiger partial charge is 0.409 e. The van der Waals surface area contributed by atoms with Crippen molar-refractivity contribution in [3.05, 3.63) is 34.3 Å². The van der Waals surface area contributed by atoms with Gasteiger partial charge in [0.05, 0.1) is 13.2 Å². The Morgan fingerprint density at radius 3 is 2.56 bits per heavy atom. The van der Waals surface area contributed by atoms with Crippen LogP contribution in [-0.4, -0.2) is 49.2 Å². The first-order chi connectivity index (χ1) is 12.1. The second-order valence-electron chi connectivity index (χ2n) is 5.93. The summed E-state index contributed by atoms with van der Waals surface area (Å²) in [6.45, 7) is 7.17. The number of carbonyl (C=O) groups is 1.